The van der Waals surface area contributed by atoms with Crippen molar-refractivity contribution in [3.8, 4) is 5.75 Å². The maximum Gasteiger partial charge on any atom is 0.147 e. The van der Waals surface area contributed by atoms with Gasteiger partial charge in [-0.3, -0.25) is 0 Å². The molecule has 5 heteroatoms. The maximum absolute atomic E-state index is 8.97. The first kappa shape index (κ1) is 15.3. The Bertz CT molecular complexity index is 585. The Hall–Kier alpha value is -2.14. The number of nitrogens with zero attached hydrogens (tertiary/aromatic N) is 1. The number of hydrogen-bond donors (Lipinski definition) is 2. The molecule has 0 saturated heterocycles. The van der Waals surface area contributed by atoms with Crippen LogP contribution < -0.4 is 10.5 Å². The Morgan fingerprint density at radius 3 is 2.43 bits per heavy atom. The van der Waals surface area contributed by atoms with E-state index in [0.717, 1.165) is 16.2 Å². The van der Waals surface area contributed by atoms with Crippen molar-refractivity contribution < 1.29 is 9.94 Å². The Balaban J connectivity index is 2.09. The van der Waals surface area contributed by atoms with E-state index in [4.69, 9.17) is 15.7 Å². The van der Waals surface area contributed by atoms with Gasteiger partial charge < -0.3 is 15.7 Å². The number of ether oxygens (including phenoxy) is 1. The number of methoxy groups -OCH3 is 1. The molecule has 21 heavy (non-hydrogen) atoms. The summed E-state index contributed by atoms with van der Waals surface area (Å²) in [5.41, 5.74) is 6.86. The van der Waals surface area contributed by atoms with Gasteiger partial charge in [0, 0.05) is 10.6 Å². The third-order valence-electron chi connectivity index (χ3n) is 3.15. The number of hydrogen-bond acceptors (Lipinski definition) is 4. The summed E-state index contributed by atoms with van der Waals surface area (Å²) in [7, 11) is 1.64. The first-order valence-electron chi connectivity index (χ1n) is 6.54. The number of thioether (sulfide) groups is 1. The molecule has 0 heterocycles. The molecule has 0 amide bonds. The van der Waals surface area contributed by atoms with Gasteiger partial charge in [-0.05, 0) is 29.8 Å². The Labute approximate surface area is 128 Å². The zero-order chi connectivity index (χ0) is 15.1. The molecular formula is C16H18N2O2S. The van der Waals surface area contributed by atoms with E-state index >= 15 is 0 Å². The lowest BCUT2D eigenvalue weighted by Gasteiger charge is -2.15. The van der Waals surface area contributed by atoms with E-state index in [0.29, 0.717) is 5.75 Å². The zero-order valence-corrected chi connectivity index (χ0v) is 12.6. The van der Waals surface area contributed by atoms with E-state index in [1.807, 2.05) is 54.6 Å². The molecule has 1 atom stereocenters. The number of rotatable bonds is 6. The second-order valence-corrected chi connectivity index (χ2v) is 5.57. The van der Waals surface area contributed by atoms with Gasteiger partial charge in [-0.1, -0.05) is 35.5 Å². The fraction of sp³-hybridized carbons (Fsp3) is 0.188. The highest BCUT2D eigenvalue weighted by Gasteiger charge is 2.16. The predicted octanol–water partition coefficient (Wildman–Crippen LogP) is 3.32. The van der Waals surface area contributed by atoms with Crippen LogP contribution in [0.1, 0.15) is 11.5 Å². The predicted molar refractivity (Wildman–Crippen MR) is 86.3 cm³/mol. The smallest absolute Gasteiger partial charge is 0.147 e. The highest BCUT2D eigenvalue weighted by molar-refractivity contribution is 7.99. The molecule has 2 aromatic carbocycles. The van der Waals surface area contributed by atoms with Gasteiger partial charge in [-0.15, -0.1) is 11.8 Å². The summed E-state index contributed by atoms with van der Waals surface area (Å²) < 4.78 is 5.14. The summed E-state index contributed by atoms with van der Waals surface area (Å²) in [5, 5.41) is 12.1. The molecule has 1 unspecified atom stereocenters. The highest BCUT2D eigenvalue weighted by atomic mass is 32.2. The van der Waals surface area contributed by atoms with E-state index < -0.39 is 0 Å². The Morgan fingerprint density at radius 1 is 1.19 bits per heavy atom. The van der Waals surface area contributed by atoms with Crippen molar-refractivity contribution in [1.82, 2.24) is 0 Å². The van der Waals surface area contributed by atoms with Crippen molar-refractivity contribution in [2.45, 2.75) is 10.8 Å². The molecule has 110 valence electrons. The minimum absolute atomic E-state index is 0.122. The van der Waals surface area contributed by atoms with Crippen LogP contribution in [0.3, 0.4) is 0 Å². The fourth-order valence-corrected chi connectivity index (χ4v) is 3.01. The maximum atomic E-state index is 8.97. The molecule has 0 aromatic heterocycles. The third-order valence-corrected chi connectivity index (χ3v) is 4.26. The molecule has 2 rings (SSSR count). The molecule has 4 nitrogen and oxygen atoms in total. The summed E-state index contributed by atoms with van der Waals surface area (Å²) in [6.07, 6.45) is 0. The molecule has 0 saturated carbocycles. The molecule has 0 fully saturated rings. The normalized spacial score (nSPS) is 12.9. The lowest BCUT2D eigenvalue weighted by atomic mass is 10.0. The summed E-state index contributed by atoms with van der Waals surface area (Å²) >= 11 is 1.66. The standard InChI is InChI=1S/C16H18N2O2S/c1-20-13-7-9-14(10-8-13)21-11-15(16(17)18-19)12-5-3-2-4-6-12/h2-10,15,19H,11H2,1H3,(H2,17,18). The van der Waals surface area contributed by atoms with Gasteiger partial charge >= 0.3 is 0 Å². The second kappa shape index (κ2) is 7.59. The van der Waals surface area contributed by atoms with Crippen LogP contribution in [-0.2, 0) is 0 Å². The number of oxime groups is 1. The average molecular weight is 302 g/mol. The monoisotopic (exact) mass is 302 g/mol. The second-order valence-electron chi connectivity index (χ2n) is 4.47. The van der Waals surface area contributed by atoms with Crippen molar-refractivity contribution in [3.63, 3.8) is 0 Å². The van der Waals surface area contributed by atoms with Crippen LogP contribution in [0, 0.1) is 0 Å². The van der Waals surface area contributed by atoms with E-state index in [2.05, 4.69) is 5.16 Å². The topological polar surface area (TPSA) is 67.8 Å². The fourth-order valence-electron chi connectivity index (χ4n) is 1.96. The molecule has 0 aliphatic rings. The Kier molecular flexibility index (Phi) is 5.51. The Morgan fingerprint density at radius 2 is 1.86 bits per heavy atom. The summed E-state index contributed by atoms with van der Waals surface area (Å²) in [4.78, 5) is 1.11. The van der Waals surface area contributed by atoms with Crippen molar-refractivity contribution in [2.24, 2.45) is 10.9 Å². The van der Waals surface area contributed by atoms with Crippen molar-refractivity contribution >= 4 is 17.6 Å². The molecule has 2 aromatic rings. The van der Waals surface area contributed by atoms with Crippen molar-refractivity contribution in [1.29, 1.82) is 0 Å². The van der Waals surface area contributed by atoms with Crippen LogP contribution in [0.5, 0.6) is 5.75 Å². The van der Waals surface area contributed by atoms with Crippen LogP contribution in [-0.4, -0.2) is 23.9 Å². The average Bonchev–Trinajstić information content (AvgIpc) is 2.56. The van der Waals surface area contributed by atoms with Gasteiger partial charge in [0.25, 0.3) is 0 Å². The molecule has 0 aliphatic heterocycles. The van der Waals surface area contributed by atoms with Gasteiger partial charge in [0.1, 0.15) is 11.6 Å². The molecule has 0 radical (unpaired) electrons. The molecule has 0 bridgehead atoms. The minimum atomic E-state index is -0.122. The quantitative estimate of drug-likeness (QED) is 0.282. The molecule has 0 aliphatic carbocycles. The molecule has 3 N–H and O–H groups in total. The van der Waals surface area contributed by atoms with Crippen LogP contribution in [0.2, 0.25) is 0 Å². The first-order chi connectivity index (χ1) is 10.2. The van der Waals surface area contributed by atoms with Gasteiger partial charge in [0.05, 0.1) is 13.0 Å². The summed E-state index contributed by atoms with van der Waals surface area (Å²) in [6.45, 7) is 0. The van der Waals surface area contributed by atoms with Crippen LogP contribution >= 0.6 is 11.8 Å². The largest absolute Gasteiger partial charge is 0.497 e. The lowest BCUT2D eigenvalue weighted by Crippen LogP contribution is -2.23. The van der Waals surface area contributed by atoms with Gasteiger partial charge in [-0.25, -0.2) is 0 Å². The molecule has 0 spiro atoms. The minimum Gasteiger partial charge on any atom is -0.497 e. The SMILES string of the molecule is COc1ccc(SCC(C(N)=NO)c2ccccc2)cc1. The van der Waals surface area contributed by atoms with Gasteiger partial charge in [-0.2, -0.15) is 0 Å². The highest BCUT2D eigenvalue weighted by Crippen LogP contribution is 2.27. The first-order valence-corrected chi connectivity index (χ1v) is 7.52. The van der Waals surface area contributed by atoms with Gasteiger partial charge in [0.15, 0.2) is 0 Å². The van der Waals surface area contributed by atoms with E-state index in [1.54, 1.807) is 18.9 Å². The number of amidine groups is 1. The lowest BCUT2D eigenvalue weighted by molar-refractivity contribution is 0.316. The van der Waals surface area contributed by atoms with Crippen molar-refractivity contribution in [3.05, 3.63) is 60.2 Å². The third kappa shape index (κ3) is 4.16. The van der Waals surface area contributed by atoms with E-state index in [9.17, 15) is 0 Å². The van der Waals surface area contributed by atoms with Crippen LogP contribution in [0.15, 0.2) is 64.6 Å². The van der Waals surface area contributed by atoms with Crippen molar-refractivity contribution in [2.75, 3.05) is 12.9 Å². The van der Waals surface area contributed by atoms with Crippen LogP contribution in [0.4, 0.5) is 0 Å². The number of benzene rings is 2. The zero-order valence-electron chi connectivity index (χ0n) is 11.8. The van der Waals surface area contributed by atoms with E-state index in [1.165, 1.54) is 0 Å². The van der Waals surface area contributed by atoms with E-state index in [-0.39, 0.29) is 11.8 Å². The number of nitrogens with two attached hydrogens (primary N) is 1. The van der Waals surface area contributed by atoms with Crippen LogP contribution in [0.25, 0.3) is 0 Å². The van der Waals surface area contributed by atoms with Gasteiger partial charge in [0.2, 0.25) is 0 Å². The molecular weight excluding hydrogens is 284 g/mol. The summed E-state index contributed by atoms with van der Waals surface area (Å²) in [6, 6.07) is 17.6. The summed E-state index contributed by atoms with van der Waals surface area (Å²) in [5.74, 6) is 1.63.